The Morgan fingerprint density at radius 2 is 1.46 bits per heavy atom. The third kappa shape index (κ3) is 5.45. The van der Waals surface area contributed by atoms with Gasteiger partial charge in [0.25, 0.3) is 16.4 Å². The Morgan fingerprint density at radius 3 is 2.06 bits per heavy atom. The number of aromatic carboxylic acids is 1. The molecule has 0 aliphatic heterocycles. The maximum Gasteiger partial charge on any atom is 0.335 e. The Balaban J connectivity index is 1.76. The van der Waals surface area contributed by atoms with Gasteiger partial charge in [0.15, 0.2) is 0 Å². The highest BCUT2D eigenvalue weighted by Gasteiger charge is 2.31. The van der Waals surface area contributed by atoms with Crippen LogP contribution in [0.15, 0.2) is 108 Å². The fourth-order valence-electron chi connectivity index (χ4n) is 5.61. The van der Waals surface area contributed by atoms with Crippen LogP contribution in [0.25, 0.3) is 44.4 Å². The van der Waals surface area contributed by atoms with Crippen molar-refractivity contribution in [2.45, 2.75) is 11.3 Å². The van der Waals surface area contributed by atoms with E-state index < -0.39 is 33.8 Å². The molecule has 7 nitrogen and oxygen atoms in total. The molecule has 0 saturated heterocycles. The SMILES string of the molecule is N#Cc1cccc(C#N)c1-c1c(-c2cccc(-c3ccc(C(=O)O)cc3Cl)c2)n(S(=O)(=O)c2ccc(C(F)F)cc2)c2ccc(F)cc12. The second kappa shape index (κ2) is 12.4. The highest BCUT2D eigenvalue weighted by molar-refractivity contribution is 7.90. The summed E-state index contributed by atoms with van der Waals surface area (Å²) in [5, 5.41) is 29.8. The highest BCUT2D eigenvalue weighted by Crippen LogP contribution is 2.46. The van der Waals surface area contributed by atoms with E-state index in [1.54, 1.807) is 24.3 Å². The maximum absolute atomic E-state index is 15.0. The zero-order valence-corrected chi connectivity index (χ0v) is 25.9. The molecule has 48 heavy (non-hydrogen) atoms. The van der Waals surface area contributed by atoms with E-state index in [9.17, 15) is 42.0 Å². The van der Waals surface area contributed by atoms with Gasteiger partial charge < -0.3 is 5.11 Å². The van der Waals surface area contributed by atoms with Crippen molar-refractivity contribution >= 4 is 38.5 Å². The number of alkyl halides is 2. The average molecular weight is 682 g/mol. The van der Waals surface area contributed by atoms with Gasteiger partial charge in [-0.1, -0.05) is 54.1 Å². The summed E-state index contributed by atoms with van der Waals surface area (Å²) in [5.74, 6) is -1.91. The number of carbonyl (C=O) groups is 1. The number of carboxylic acids is 1. The van der Waals surface area contributed by atoms with Crippen molar-refractivity contribution < 1.29 is 31.5 Å². The minimum atomic E-state index is -4.63. The Bertz CT molecular complexity index is 2450. The Morgan fingerprint density at radius 1 is 0.812 bits per heavy atom. The molecule has 0 fully saturated rings. The molecule has 12 heteroatoms. The first kappa shape index (κ1) is 32.1. The van der Waals surface area contributed by atoms with Crippen molar-refractivity contribution in [3.05, 3.63) is 136 Å². The number of nitriles is 2. The molecule has 0 amide bonds. The molecule has 0 aliphatic carbocycles. The number of rotatable bonds is 7. The standard InChI is InChI=1S/C36H19ClF3N3O4S/c37-30-16-23(36(44)45)9-13-28(30)21-3-1-4-22(15-21)34-33(32-24(18-41)5-2-6-25(32)19-42)29-17-26(38)10-14-31(29)43(34)48(46,47)27-11-7-20(8-12-27)35(39)40/h1-17,35H,(H,44,45). The van der Waals surface area contributed by atoms with Gasteiger partial charge in [0.1, 0.15) is 5.82 Å². The maximum atomic E-state index is 15.0. The lowest BCUT2D eigenvalue weighted by atomic mass is 9.90. The third-order valence-electron chi connectivity index (χ3n) is 7.78. The first-order valence-electron chi connectivity index (χ1n) is 14.0. The smallest absolute Gasteiger partial charge is 0.335 e. The van der Waals surface area contributed by atoms with Crippen molar-refractivity contribution in [1.82, 2.24) is 3.97 Å². The summed E-state index contributed by atoms with van der Waals surface area (Å²) in [5.41, 5.74) is 0.761. The molecule has 1 N–H and O–H groups in total. The van der Waals surface area contributed by atoms with E-state index in [-0.39, 0.29) is 59.9 Å². The van der Waals surface area contributed by atoms with Gasteiger partial charge in [-0.05, 0) is 66.2 Å². The summed E-state index contributed by atoms with van der Waals surface area (Å²) in [7, 11) is -4.63. The molecule has 6 rings (SSSR count). The minimum absolute atomic E-state index is 0.00906. The van der Waals surface area contributed by atoms with Crippen LogP contribution in [0.3, 0.4) is 0 Å². The summed E-state index contributed by atoms with van der Waals surface area (Å²) in [6, 6.07) is 26.5. The fourth-order valence-corrected chi connectivity index (χ4v) is 7.45. The van der Waals surface area contributed by atoms with Gasteiger partial charge in [0.2, 0.25) is 0 Å². The van der Waals surface area contributed by atoms with Crippen LogP contribution in [0.1, 0.15) is 33.5 Å². The topological polar surface area (TPSA) is 124 Å². The molecule has 0 radical (unpaired) electrons. The zero-order valence-electron chi connectivity index (χ0n) is 24.3. The molecule has 1 heterocycles. The van der Waals surface area contributed by atoms with E-state index in [1.807, 2.05) is 12.1 Å². The Hall–Kier alpha value is -5.88. The van der Waals surface area contributed by atoms with E-state index >= 15 is 0 Å². The van der Waals surface area contributed by atoms with Gasteiger partial charge in [0, 0.05) is 38.2 Å². The van der Waals surface area contributed by atoms with Gasteiger partial charge in [-0.2, -0.15) is 10.5 Å². The van der Waals surface area contributed by atoms with Crippen LogP contribution in [0.4, 0.5) is 13.2 Å². The number of benzene rings is 5. The number of nitrogens with zero attached hydrogens (tertiary/aromatic N) is 3. The summed E-state index contributed by atoms with van der Waals surface area (Å²) < 4.78 is 71.8. The van der Waals surface area contributed by atoms with E-state index in [0.29, 0.717) is 11.1 Å². The first-order chi connectivity index (χ1) is 23.0. The molecule has 1 aromatic heterocycles. The second-order valence-corrected chi connectivity index (χ2v) is 12.8. The molecule has 5 aromatic carbocycles. The molecule has 6 aromatic rings. The van der Waals surface area contributed by atoms with E-state index in [2.05, 4.69) is 0 Å². The number of hydrogen-bond donors (Lipinski definition) is 1. The molecular formula is C36H19ClF3N3O4S. The molecule has 0 saturated carbocycles. The van der Waals surface area contributed by atoms with Gasteiger partial charge in [-0.15, -0.1) is 0 Å². The van der Waals surface area contributed by atoms with Crippen LogP contribution in [0.2, 0.25) is 5.02 Å². The van der Waals surface area contributed by atoms with Crippen LogP contribution < -0.4 is 0 Å². The molecular weight excluding hydrogens is 663 g/mol. The number of aromatic nitrogens is 1. The second-order valence-electron chi connectivity index (χ2n) is 10.6. The van der Waals surface area contributed by atoms with Gasteiger partial charge >= 0.3 is 5.97 Å². The van der Waals surface area contributed by atoms with Crippen LogP contribution in [0, 0.1) is 28.5 Å². The lowest BCUT2D eigenvalue weighted by Gasteiger charge is -2.16. The van der Waals surface area contributed by atoms with Crippen LogP contribution in [-0.2, 0) is 10.0 Å². The predicted molar refractivity (Wildman–Crippen MR) is 174 cm³/mol. The van der Waals surface area contributed by atoms with Crippen molar-refractivity contribution in [3.63, 3.8) is 0 Å². The minimum Gasteiger partial charge on any atom is -0.478 e. The molecule has 0 aliphatic rings. The van der Waals surface area contributed by atoms with Gasteiger partial charge in [0.05, 0.1) is 44.9 Å². The van der Waals surface area contributed by atoms with E-state index in [4.69, 9.17) is 11.6 Å². The molecule has 0 spiro atoms. The average Bonchev–Trinajstić information content (AvgIpc) is 3.42. The Kier molecular flexibility index (Phi) is 8.27. The van der Waals surface area contributed by atoms with Crippen molar-refractivity contribution in [2.75, 3.05) is 0 Å². The van der Waals surface area contributed by atoms with Crippen molar-refractivity contribution in [1.29, 1.82) is 10.5 Å². The Labute approximate surface area is 277 Å². The molecule has 0 atom stereocenters. The van der Waals surface area contributed by atoms with Crippen LogP contribution in [-0.4, -0.2) is 23.5 Å². The number of hydrogen-bond acceptors (Lipinski definition) is 5. The number of halogens is 4. The molecule has 236 valence electrons. The summed E-state index contributed by atoms with van der Waals surface area (Å²) >= 11 is 6.48. The van der Waals surface area contributed by atoms with Gasteiger partial charge in [-0.3, -0.25) is 0 Å². The molecule has 0 unspecified atom stereocenters. The van der Waals surface area contributed by atoms with Crippen molar-refractivity contribution in [3.8, 4) is 45.6 Å². The number of fused-ring (bicyclic) bond motifs is 1. The molecule has 0 bridgehead atoms. The largest absolute Gasteiger partial charge is 0.478 e. The van der Waals surface area contributed by atoms with Crippen LogP contribution >= 0.6 is 11.6 Å². The quantitative estimate of drug-likeness (QED) is 0.179. The monoisotopic (exact) mass is 681 g/mol. The first-order valence-corrected chi connectivity index (χ1v) is 15.8. The number of carboxylic acid groups (broad SMARTS) is 1. The van der Waals surface area contributed by atoms with Crippen LogP contribution in [0.5, 0.6) is 0 Å². The third-order valence-corrected chi connectivity index (χ3v) is 9.82. The van der Waals surface area contributed by atoms with E-state index in [1.165, 1.54) is 42.5 Å². The lowest BCUT2D eigenvalue weighted by Crippen LogP contribution is -2.14. The van der Waals surface area contributed by atoms with Gasteiger partial charge in [-0.25, -0.2) is 30.4 Å². The van der Waals surface area contributed by atoms with E-state index in [0.717, 1.165) is 40.4 Å². The lowest BCUT2D eigenvalue weighted by molar-refractivity contribution is 0.0696. The summed E-state index contributed by atoms with van der Waals surface area (Å²) in [6.07, 6.45) is -2.84. The summed E-state index contributed by atoms with van der Waals surface area (Å²) in [6.45, 7) is 0. The summed E-state index contributed by atoms with van der Waals surface area (Å²) in [4.78, 5) is 11.1. The fraction of sp³-hybridized carbons (Fsp3) is 0.0278. The normalized spacial score (nSPS) is 11.4. The van der Waals surface area contributed by atoms with Crippen molar-refractivity contribution in [2.24, 2.45) is 0 Å². The zero-order chi connectivity index (χ0) is 34.3. The highest BCUT2D eigenvalue weighted by atomic mass is 35.5. The predicted octanol–water partition coefficient (Wildman–Crippen LogP) is 9.05.